The molecule has 0 N–H and O–H groups in total. The van der Waals surface area contributed by atoms with Crippen LogP contribution in [0.2, 0.25) is 15.3 Å². The molecule has 28 heavy (non-hydrogen) atoms. The molecule has 0 aliphatic rings. The number of carbonyl (C=O) groups is 1. The fraction of sp³-hybridized carbons (Fsp3) is 0.474. The van der Waals surface area contributed by atoms with Crippen LogP contribution in [-0.2, 0) is 13.6 Å². The number of benzene rings is 1. The Bertz CT molecular complexity index is 853. The molecule has 0 aliphatic heterocycles. The normalized spacial score (nSPS) is 11.0. The van der Waals surface area contributed by atoms with Gasteiger partial charge in [0.2, 0.25) is 0 Å². The van der Waals surface area contributed by atoms with Crippen LogP contribution in [0.15, 0.2) is 12.1 Å². The van der Waals surface area contributed by atoms with Crippen molar-refractivity contribution in [3.05, 3.63) is 38.8 Å². The number of aromatic nitrogens is 2. The first-order valence-electron chi connectivity index (χ1n) is 8.77. The Kier molecular flexibility index (Phi) is 7.87. The molecule has 0 spiro atoms. The smallest absolute Gasteiger partial charge is 0.255 e. The average molecular weight is 449 g/mol. The third kappa shape index (κ3) is 4.85. The molecule has 0 radical (unpaired) electrons. The second-order valence-electron chi connectivity index (χ2n) is 6.74. The van der Waals surface area contributed by atoms with Crippen molar-refractivity contribution in [3.63, 3.8) is 0 Å². The summed E-state index contributed by atoms with van der Waals surface area (Å²) in [6, 6.07) is 3.29. The standard InChI is InChI=1S/C19H24Cl3N3O3/c1-11(2)8-9-25(10-14-23-17(21)18(22)24(14)3)19(26)12-6-7-13(27-4)16(28-5)15(12)20/h6-7,11H,8-10H2,1-5H3. The Hall–Kier alpha value is -1.63. The summed E-state index contributed by atoms with van der Waals surface area (Å²) < 4.78 is 12.2. The highest BCUT2D eigenvalue weighted by Crippen LogP contribution is 2.38. The van der Waals surface area contributed by atoms with Gasteiger partial charge < -0.3 is 18.9 Å². The first-order chi connectivity index (χ1) is 13.2. The fourth-order valence-electron chi connectivity index (χ4n) is 2.69. The number of halogens is 3. The van der Waals surface area contributed by atoms with E-state index in [0.29, 0.717) is 40.5 Å². The minimum atomic E-state index is -0.234. The van der Waals surface area contributed by atoms with Crippen LogP contribution in [0.5, 0.6) is 11.5 Å². The SMILES string of the molecule is COc1ccc(C(=O)N(CCC(C)C)Cc2nc(Cl)c(Cl)n2C)c(Cl)c1OC. The summed E-state index contributed by atoms with van der Waals surface area (Å²) in [6.07, 6.45) is 0.822. The summed E-state index contributed by atoms with van der Waals surface area (Å²) in [7, 11) is 4.75. The van der Waals surface area contributed by atoms with E-state index in [1.165, 1.54) is 14.2 Å². The largest absolute Gasteiger partial charge is 0.493 e. The van der Waals surface area contributed by atoms with Crippen molar-refractivity contribution in [2.45, 2.75) is 26.8 Å². The van der Waals surface area contributed by atoms with Crippen LogP contribution in [0.25, 0.3) is 0 Å². The number of hydrogen-bond donors (Lipinski definition) is 0. The van der Waals surface area contributed by atoms with Gasteiger partial charge in [-0.3, -0.25) is 4.79 Å². The van der Waals surface area contributed by atoms with Gasteiger partial charge in [-0.2, -0.15) is 0 Å². The van der Waals surface area contributed by atoms with Crippen LogP contribution < -0.4 is 9.47 Å². The zero-order valence-electron chi connectivity index (χ0n) is 16.6. The van der Waals surface area contributed by atoms with Crippen molar-refractivity contribution >= 4 is 40.7 Å². The van der Waals surface area contributed by atoms with Crippen LogP contribution in [0.4, 0.5) is 0 Å². The molecule has 1 amide bonds. The van der Waals surface area contributed by atoms with Crippen molar-refractivity contribution < 1.29 is 14.3 Å². The first-order valence-corrected chi connectivity index (χ1v) is 9.90. The highest BCUT2D eigenvalue weighted by Gasteiger charge is 2.25. The average Bonchev–Trinajstić information content (AvgIpc) is 2.90. The molecular formula is C19H24Cl3N3O3. The molecule has 1 aromatic heterocycles. The molecule has 154 valence electrons. The van der Waals surface area contributed by atoms with E-state index >= 15 is 0 Å². The van der Waals surface area contributed by atoms with Gasteiger partial charge in [-0.1, -0.05) is 48.7 Å². The van der Waals surface area contributed by atoms with Gasteiger partial charge in [0.15, 0.2) is 16.7 Å². The lowest BCUT2D eigenvalue weighted by molar-refractivity contribution is 0.0729. The number of rotatable bonds is 8. The van der Waals surface area contributed by atoms with E-state index < -0.39 is 0 Å². The van der Waals surface area contributed by atoms with E-state index in [2.05, 4.69) is 18.8 Å². The van der Waals surface area contributed by atoms with Gasteiger partial charge >= 0.3 is 0 Å². The predicted octanol–water partition coefficient (Wildman–Crippen LogP) is 5.09. The molecule has 0 saturated heterocycles. The van der Waals surface area contributed by atoms with Gasteiger partial charge in [0, 0.05) is 13.6 Å². The molecule has 0 saturated carbocycles. The van der Waals surface area contributed by atoms with Crippen molar-refractivity contribution in [2.75, 3.05) is 20.8 Å². The molecule has 1 heterocycles. The Morgan fingerprint density at radius 3 is 2.39 bits per heavy atom. The van der Waals surface area contributed by atoms with E-state index in [4.69, 9.17) is 44.3 Å². The summed E-state index contributed by atoms with van der Waals surface area (Å²) >= 11 is 18.6. The minimum Gasteiger partial charge on any atom is -0.493 e. The third-order valence-electron chi connectivity index (χ3n) is 4.39. The molecule has 0 aliphatic carbocycles. The molecule has 6 nitrogen and oxygen atoms in total. The van der Waals surface area contributed by atoms with Crippen LogP contribution in [0.1, 0.15) is 36.5 Å². The van der Waals surface area contributed by atoms with E-state index in [-0.39, 0.29) is 22.6 Å². The molecule has 9 heteroatoms. The number of amides is 1. The fourth-order valence-corrected chi connectivity index (χ4v) is 3.37. The van der Waals surface area contributed by atoms with Crippen LogP contribution in [-0.4, -0.2) is 41.1 Å². The lowest BCUT2D eigenvalue weighted by Gasteiger charge is -2.24. The van der Waals surface area contributed by atoms with E-state index in [0.717, 1.165) is 6.42 Å². The number of carbonyl (C=O) groups excluding carboxylic acids is 1. The van der Waals surface area contributed by atoms with E-state index in [1.54, 1.807) is 28.6 Å². The van der Waals surface area contributed by atoms with Crippen molar-refractivity contribution in [2.24, 2.45) is 13.0 Å². The van der Waals surface area contributed by atoms with Gasteiger partial charge in [-0.25, -0.2) is 4.98 Å². The molecule has 2 rings (SSSR count). The van der Waals surface area contributed by atoms with Gasteiger partial charge in [0.05, 0.1) is 31.4 Å². The zero-order valence-corrected chi connectivity index (χ0v) is 18.8. The number of hydrogen-bond acceptors (Lipinski definition) is 4. The zero-order chi connectivity index (χ0) is 21.0. The molecule has 0 atom stereocenters. The Labute approximate surface area is 180 Å². The van der Waals surface area contributed by atoms with E-state index in [1.807, 2.05) is 0 Å². The third-order valence-corrected chi connectivity index (χ3v) is 5.56. The van der Waals surface area contributed by atoms with E-state index in [9.17, 15) is 4.79 Å². The second-order valence-corrected chi connectivity index (χ2v) is 7.83. The topological polar surface area (TPSA) is 56.6 Å². The van der Waals surface area contributed by atoms with Gasteiger partial charge in [0.1, 0.15) is 11.0 Å². The highest BCUT2D eigenvalue weighted by atomic mass is 35.5. The van der Waals surface area contributed by atoms with Crippen molar-refractivity contribution in [1.29, 1.82) is 0 Å². The maximum atomic E-state index is 13.3. The lowest BCUT2D eigenvalue weighted by Crippen LogP contribution is -2.33. The second kappa shape index (κ2) is 9.72. The summed E-state index contributed by atoms with van der Waals surface area (Å²) in [5, 5.41) is 0.744. The highest BCUT2D eigenvalue weighted by molar-refractivity contribution is 6.40. The molecule has 1 aromatic carbocycles. The monoisotopic (exact) mass is 447 g/mol. The van der Waals surface area contributed by atoms with Crippen LogP contribution in [0.3, 0.4) is 0 Å². The Morgan fingerprint density at radius 1 is 1.21 bits per heavy atom. The van der Waals surface area contributed by atoms with Crippen LogP contribution in [0, 0.1) is 5.92 Å². The number of ether oxygens (including phenoxy) is 2. The maximum absolute atomic E-state index is 13.3. The summed E-state index contributed by atoms with van der Waals surface area (Å²) in [4.78, 5) is 19.2. The van der Waals surface area contributed by atoms with Crippen LogP contribution >= 0.6 is 34.8 Å². The lowest BCUT2D eigenvalue weighted by atomic mass is 10.1. The number of imidazole rings is 1. The maximum Gasteiger partial charge on any atom is 0.255 e. The quantitative estimate of drug-likeness (QED) is 0.564. The van der Waals surface area contributed by atoms with Gasteiger partial charge in [-0.15, -0.1) is 0 Å². The molecule has 0 unspecified atom stereocenters. The Balaban J connectivity index is 2.40. The molecule has 0 bridgehead atoms. The van der Waals surface area contributed by atoms with Gasteiger partial charge in [0.25, 0.3) is 5.91 Å². The summed E-state index contributed by atoms with van der Waals surface area (Å²) in [5.74, 6) is 1.55. The number of methoxy groups -OCH3 is 2. The summed E-state index contributed by atoms with van der Waals surface area (Å²) in [6.45, 7) is 4.98. The minimum absolute atomic E-state index is 0.206. The molecular weight excluding hydrogens is 425 g/mol. The van der Waals surface area contributed by atoms with Gasteiger partial charge in [-0.05, 0) is 24.5 Å². The molecule has 0 fully saturated rings. The predicted molar refractivity (Wildman–Crippen MR) is 112 cm³/mol. The Morgan fingerprint density at radius 2 is 1.89 bits per heavy atom. The first kappa shape index (κ1) is 22.7. The van der Waals surface area contributed by atoms with Crippen molar-refractivity contribution in [3.8, 4) is 11.5 Å². The number of nitrogens with zero attached hydrogens (tertiary/aromatic N) is 3. The molecule has 2 aromatic rings. The van der Waals surface area contributed by atoms with Crippen molar-refractivity contribution in [1.82, 2.24) is 14.5 Å². The summed E-state index contributed by atoms with van der Waals surface area (Å²) in [5.41, 5.74) is 0.328.